The summed E-state index contributed by atoms with van der Waals surface area (Å²) in [6.45, 7) is 0.534. The minimum Gasteiger partial charge on any atom is -0.354 e. The number of benzene rings is 2. The molecule has 2 N–H and O–H groups in total. The summed E-state index contributed by atoms with van der Waals surface area (Å²) >= 11 is 5.97. The number of hydrogen-bond acceptors (Lipinski definition) is 2. The van der Waals surface area contributed by atoms with Crippen LogP contribution in [0.2, 0.25) is 5.02 Å². The second-order valence-corrected chi connectivity index (χ2v) is 6.49. The highest BCUT2D eigenvalue weighted by Crippen LogP contribution is 2.47. The molecule has 0 unspecified atom stereocenters. The SMILES string of the molecule is O=C(CNC(=O)c1ccccc1Cl)NCC1(c2ccccc2)CC1. The van der Waals surface area contributed by atoms with E-state index in [0.29, 0.717) is 17.1 Å². The highest BCUT2D eigenvalue weighted by atomic mass is 35.5. The summed E-state index contributed by atoms with van der Waals surface area (Å²) in [4.78, 5) is 24.0. The Balaban J connectivity index is 1.49. The van der Waals surface area contributed by atoms with Crippen LogP contribution in [0.15, 0.2) is 54.6 Å². The fourth-order valence-corrected chi connectivity index (χ4v) is 2.96. The molecule has 0 bridgehead atoms. The Morgan fingerprint density at radius 1 is 0.958 bits per heavy atom. The zero-order valence-corrected chi connectivity index (χ0v) is 14.0. The van der Waals surface area contributed by atoms with Crippen LogP contribution in [0.3, 0.4) is 0 Å². The van der Waals surface area contributed by atoms with E-state index in [4.69, 9.17) is 11.6 Å². The molecule has 0 heterocycles. The Bertz CT molecular complexity index is 742. The third-order valence-electron chi connectivity index (χ3n) is 4.39. The molecule has 0 radical (unpaired) electrons. The molecule has 2 amide bonds. The number of amides is 2. The van der Waals surface area contributed by atoms with E-state index in [-0.39, 0.29) is 23.8 Å². The quantitative estimate of drug-likeness (QED) is 0.848. The van der Waals surface area contributed by atoms with Crippen molar-refractivity contribution in [3.63, 3.8) is 0 Å². The van der Waals surface area contributed by atoms with E-state index in [1.54, 1.807) is 24.3 Å². The number of carbonyl (C=O) groups is 2. The van der Waals surface area contributed by atoms with Crippen LogP contribution in [0, 0.1) is 0 Å². The van der Waals surface area contributed by atoms with Gasteiger partial charge in [-0.2, -0.15) is 0 Å². The van der Waals surface area contributed by atoms with E-state index >= 15 is 0 Å². The molecular formula is C19H19ClN2O2. The molecule has 0 aliphatic heterocycles. The maximum absolute atomic E-state index is 12.0. The van der Waals surface area contributed by atoms with Crippen molar-refractivity contribution in [2.45, 2.75) is 18.3 Å². The normalized spacial score (nSPS) is 14.7. The number of halogens is 1. The van der Waals surface area contributed by atoms with E-state index in [1.165, 1.54) is 5.56 Å². The molecule has 2 aromatic carbocycles. The van der Waals surface area contributed by atoms with Crippen LogP contribution in [-0.4, -0.2) is 24.9 Å². The number of carbonyl (C=O) groups excluding carboxylic acids is 2. The first kappa shape index (κ1) is 16.5. The summed E-state index contributed by atoms with van der Waals surface area (Å²) < 4.78 is 0. The minimum absolute atomic E-state index is 0.0592. The Labute approximate surface area is 146 Å². The lowest BCUT2D eigenvalue weighted by Crippen LogP contribution is -2.40. The highest BCUT2D eigenvalue weighted by Gasteiger charge is 2.44. The first-order valence-electron chi connectivity index (χ1n) is 7.96. The average Bonchev–Trinajstić information content (AvgIpc) is 3.40. The molecular weight excluding hydrogens is 324 g/mol. The van der Waals surface area contributed by atoms with Gasteiger partial charge in [0.1, 0.15) is 0 Å². The monoisotopic (exact) mass is 342 g/mol. The van der Waals surface area contributed by atoms with E-state index in [1.807, 2.05) is 18.2 Å². The van der Waals surface area contributed by atoms with Crippen molar-refractivity contribution in [1.29, 1.82) is 0 Å². The Hall–Kier alpha value is -2.33. The van der Waals surface area contributed by atoms with Crippen LogP contribution in [0.1, 0.15) is 28.8 Å². The van der Waals surface area contributed by atoms with Gasteiger partial charge in [0.25, 0.3) is 5.91 Å². The van der Waals surface area contributed by atoms with Crippen LogP contribution in [0.5, 0.6) is 0 Å². The molecule has 1 aliphatic rings. The molecule has 124 valence electrons. The molecule has 1 saturated carbocycles. The first-order chi connectivity index (χ1) is 11.6. The molecule has 4 nitrogen and oxygen atoms in total. The predicted molar refractivity (Wildman–Crippen MR) is 94.1 cm³/mol. The molecule has 0 atom stereocenters. The maximum Gasteiger partial charge on any atom is 0.253 e. The van der Waals surface area contributed by atoms with Crippen molar-refractivity contribution in [3.05, 3.63) is 70.7 Å². The van der Waals surface area contributed by atoms with Gasteiger partial charge < -0.3 is 10.6 Å². The molecule has 2 aromatic rings. The lowest BCUT2D eigenvalue weighted by Gasteiger charge is -2.16. The van der Waals surface area contributed by atoms with Gasteiger partial charge in [0, 0.05) is 12.0 Å². The van der Waals surface area contributed by atoms with Crippen molar-refractivity contribution in [2.75, 3.05) is 13.1 Å². The van der Waals surface area contributed by atoms with Crippen molar-refractivity contribution in [3.8, 4) is 0 Å². The van der Waals surface area contributed by atoms with Gasteiger partial charge in [-0.15, -0.1) is 0 Å². The molecule has 0 spiro atoms. The summed E-state index contributed by atoms with van der Waals surface area (Å²) in [5.41, 5.74) is 1.68. The van der Waals surface area contributed by atoms with Gasteiger partial charge in [0.15, 0.2) is 0 Å². The molecule has 24 heavy (non-hydrogen) atoms. The van der Waals surface area contributed by atoms with Crippen LogP contribution in [0.4, 0.5) is 0 Å². The van der Waals surface area contributed by atoms with Crippen LogP contribution < -0.4 is 10.6 Å². The first-order valence-corrected chi connectivity index (χ1v) is 8.33. The summed E-state index contributed by atoms with van der Waals surface area (Å²) in [7, 11) is 0. The van der Waals surface area contributed by atoms with Crippen molar-refractivity contribution >= 4 is 23.4 Å². The Kier molecular flexibility index (Phi) is 4.86. The Morgan fingerprint density at radius 3 is 2.29 bits per heavy atom. The van der Waals surface area contributed by atoms with Crippen molar-refractivity contribution in [1.82, 2.24) is 10.6 Å². The second-order valence-electron chi connectivity index (χ2n) is 6.09. The lowest BCUT2D eigenvalue weighted by molar-refractivity contribution is -0.120. The number of hydrogen-bond donors (Lipinski definition) is 2. The van der Waals surface area contributed by atoms with Crippen LogP contribution in [-0.2, 0) is 10.2 Å². The predicted octanol–water partition coefficient (Wildman–Crippen LogP) is 2.92. The number of rotatable bonds is 6. The third kappa shape index (κ3) is 3.77. The zero-order valence-electron chi connectivity index (χ0n) is 13.2. The summed E-state index contributed by atoms with van der Waals surface area (Å²) in [6, 6.07) is 17.0. The zero-order chi connectivity index (χ0) is 17.0. The number of nitrogens with one attached hydrogen (secondary N) is 2. The van der Waals surface area contributed by atoms with Gasteiger partial charge in [0.2, 0.25) is 5.91 Å². The largest absolute Gasteiger partial charge is 0.354 e. The topological polar surface area (TPSA) is 58.2 Å². The van der Waals surface area contributed by atoms with E-state index < -0.39 is 0 Å². The molecule has 3 rings (SSSR count). The van der Waals surface area contributed by atoms with E-state index in [0.717, 1.165) is 12.8 Å². The highest BCUT2D eigenvalue weighted by molar-refractivity contribution is 6.33. The van der Waals surface area contributed by atoms with Gasteiger partial charge in [-0.3, -0.25) is 9.59 Å². The average molecular weight is 343 g/mol. The molecule has 1 aliphatic carbocycles. The molecule has 5 heteroatoms. The van der Waals surface area contributed by atoms with Crippen LogP contribution >= 0.6 is 11.6 Å². The van der Waals surface area contributed by atoms with E-state index in [2.05, 4.69) is 22.8 Å². The van der Waals surface area contributed by atoms with Gasteiger partial charge >= 0.3 is 0 Å². The third-order valence-corrected chi connectivity index (χ3v) is 4.72. The Morgan fingerprint density at radius 2 is 1.62 bits per heavy atom. The summed E-state index contributed by atoms with van der Waals surface area (Å²) in [5, 5.41) is 5.89. The lowest BCUT2D eigenvalue weighted by atomic mass is 9.96. The summed E-state index contributed by atoms with van der Waals surface area (Å²) in [6.07, 6.45) is 2.15. The van der Waals surface area contributed by atoms with Crippen LogP contribution in [0.25, 0.3) is 0 Å². The van der Waals surface area contributed by atoms with Gasteiger partial charge in [0.05, 0.1) is 17.1 Å². The maximum atomic E-state index is 12.0. The molecule has 0 aromatic heterocycles. The summed E-state index contributed by atoms with van der Waals surface area (Å²) in [5.74, 6) is -0.544. The van der Waals surface area contributed by atoms with Crippen molar-refractivity contribution in [2.24, 2.45) is 0 Å². The van der Waals surface area contributed by atoms with Gasteiger partial charge in [-0.1, -0.05) is 54.1 Å². The fourth-order valence-electron chi connectivity index (χ4n) is 2.74. The molecule has 0 saturated heterocycles. The van der Waals surface area contributed by atoms with E-state index in [9.17, 15) is 9.59 Å². The smallest absolute Gasteiger partial charge is 0.253 e. The van der Waals surface area contributed by atoms with Gasteiger partial charge in [-0.05, 0) is 30.5 Å². The van der Waals surface area contributed by atoms with Crippen molar-refractivity contribution < 1.29 is 9.59 Å². The molecule has 1 fully saturated rings. The second kappa shape index (κ2) is 7.05. The standard InChI is InChI=1S/C19H19ClN2O2/c20-16-9-5-4-8-15(16)18(24)21-12-17(23)22-13-19(10-11-19)14-6-2-1-3-7-14/h1-9H,10-13H2,(H,21,24)(H,22,23). The van der Waals surface area contributed by atoms with Gasteiger partial charge in [-0.25, -0.2) is 0 Å². The fraction of sp³-hybridized carbons (Fsp3) is 0.263. The minimum atomic E-state index is -0.347.